The fourth-order valence-corrected chi connectivity index (χ4v) is 2.40. The van der Waals surface area contributed by atoms with Crippen molar-refractivity contribution in [3.63, 3.8) is 0 Å². The summed E-state index contributed by atoms with van der Waals surface area (Å²) in [7, 11) is 0. The maximum Gasteiger partial charge on any atom is 0.243 e. The van der Waals surface area contributed by atoms with E-state index in [0.717, 1.165) is 25.8 Å². The van der Waals surface area contributed by atoms with E-state index in [9.17, 15) is 9.59 Å². The molecule has 0 radical (unpaired) electrons. The molecule has 0 aromatic rings. The first-order chi connectivity index (χ1) is 7.62. The molecule has 2 N–H and O–H groups in total. The van der Waals surface area contributed by atoms with Gasteiger partial charge < -0.3 is 15.5 Å². The number of hydrogen-bond acceptors (Lipinski definition) is 3. The Labute approximate surface area is 95.6 Å². The molecule has 90 valence electrons. The second kappa shape index (κ2) is 4.41. The van der Waals surface area contributed by atoms with Crippen molar-refractivity contribution in [3.8, 4) is 0 Å². The topological polar surface area (TPSA) is 61.4 Å². The molecule has 2 amide bonds. The Balaban J connectivity index is 2.02. The number of rotatable bonds is 1. The van der Waals surface area contributed by atoms with Crippen molar-refractivity contribution in [2.45, 2.75) is 31.7 Å². The summed E-state index contributed by atoms with van der Waals surface area (Å²) in [5.74, 6) is 0.0149. The monoisotopic (exact) mass is 225 g/mol. The average Bonchev–Trinajstić information content (AvgIpc) is 2.29. The summed E-state index contributed by atoms with van der Waals surface area (Å²) in [4.78, 5) is 25.2. The lowest BCUT2D eigenvalue weighted by atomic mass is 9.89. The fourth-order valence-electron chi connectivity index (χ4n) is 2.40. The maximum atomic E-state index is 12.3. The Morgan fingerprint density at radius 1 is 1.38 bits per heavy atom. The van der Waals surface area contributed by atoms with Crippen LogP contribution < -0.4 is 10.6 Å². The second-order valence-corrected chi connectivity index (χ2v) is 4.79. The van der Waals surface area contributed by atoms with Crippen LogP contribution in [0.25, 0.3) is 0 Å². The lowest BCUT2D eigenvalue weighted by Gasteiger charge is -2.39. The van der Waals surface area contributed by atoms with Crippen molar-refractivity contribution in [2.24, 2.45) is 0 Å². The highest BCUT2D eigenvalue weighted by Crippen LogP contribution is 2.21. The zero-order valence-electron chi connectivity index (χ0n) is 9.71. The predicted octanol–water partition coefficient (Wildman–Crippen LogP) is -0.523. The van der Waals surface area contributed by atoms with Crippen molar-refractivity contribution in [1.29, 1.82) is 0 Å². The molecule has 2 rings (SSSR count). The van der Waals surface area contributed by atoms with E-state index >= 15 is 0 Å². The van der Waals surface area contributed by atoms with E-state index in [1.807, 2.05) is 6.92 Å². The summed E-state index contributed by atoms with van der Waals surface area (Å²) in [6.45, 7) is 4.24. The molecule has 1 atom stereocenters. The van der Waals surface area contributed by atoms with Gasteiger partial charge in [0, 0.05) is 13.1 Å². The molecular formula is C11H19N3O2. The van der Waals surface area contributed by atoms with Crippen LogP contribution >= 0.6 is 0 Å². The van der Waals surface area contributed by atoms with Crippen LogP contribution in [-0.2, 0) is 9.59 Å². The van der Waals surface area contributed by atoms with Crippen molar-refractivity contribution in [1.82, 2.24) is 15.5 Å². The SMILES string of the molecule is CC1(C(=O)N2CCNC(=O)C2)CCCCN1. The van der Waals surface area contributed by atoms with Crippen LogP contribution in [0.15, 0.2) is 0 Å². The van der Waals surface area contributed by atoms with Crippen molar-refractivity contribution in [2.75, 3.05) is 26.2 Å². The quantitative estimate of drug-likeness (QED) is 0.631. The molecule has 0 saturated carbocycles. The molecule has 2 saturated heterocycles. The molecule has 2 heterocycles. The third-order valence-electron chi connectivity index (χ3n) is 3.42. The summed E-state index contributed by atoms with van der Waals surface area (Å²) >= 11 is 0. The Bertz CT molecular complexity index is 298. The summed E-state index contributed by atoms with van der Waals surface area (Å²) in [5, 5.41) is 6.01. The number of nitrogens with zero attached hydrogens (tertiary/aromatic N) is 1. The Morgan fingerprint density at radius 3 is 2.81 bits per heavy atom. The molecule has 5 nitrogen and oxygen atoms in total. The van der Waals surface area contributed by atoms with E-state index < -0.39 is 5.54 Å². The van der Waals surface area contributed by atoms with Crippen molar-refractivity contribution < 1.29 is 9.59 Å². The van der Waals surface area contributed by atoms with E-state index in [0.29, 0.717) is 13.1 Å². The van der Waals surface area contributed by atoms with Gasteiger partial charge in [-0.25, -0.2) is 0 Å². The fraction of sp³-hybridized carbons (Fsp3) is 0.818. The molecule has 0 spiro atoms. The molecule has 1 unspecified atom stereocenters. The van der Waals surface area contributed by atoms with Gasteiger partial charge in [0.05, 0.1) is 12.1 Å². The number of piperazine rings is 1. The first-order valence-electron chi connectivity index (χ1n) is 5.93. The molecule has 0 aromatic heterocycles. The molecule has 2 aliphatic heterocycles. The number of piperidine rings is 1. The lowest BCUT2D eigenvalue weighted by Crippen LogP contribution is -2.61. The molecule has 0 aromatic carbocycles. The van der Waals surface area contributed by atoms with Gasteiger partial charge in [-0.15, -0.1) is 0 Å². The van der Waals surface area contributed by atoms with E-state index in [2.05, 4.69) is 10.6 Å². The van der Waals surface area contributed by atoms with E-state index in [4.69, 9.17) is 0 Å². The van der Waals surface area contributed by atoms with Gasteiger partial charge in [0.15, 0.2) is 0 Å². The minimum absolute atomic E-state index is 0.0565. The minimum atomic E-state index is -0.462. The summed E-state index contributed by atoms with van der Waals surface area (Å²) in [6, 6.07) is 0. The molecular weight excluding hydrogens is 206 g/mol. The summed E-state index contributed by atoms with van der Waals surface area (Å²) in [5.41, 5.74) is -0.462. The van der Waals surface area contributed by atoms with Gasteiger partial charge in [-0.1, -0.05) is 0 Å². The number of nitrogens with one attached hydrogen (secondary N) is 2. The van der Waals surface area contributed by atoms with E-state index in [1.165, 1.54) is 0 Å². The minimum Gasteiger partial charge on any atom is -0.353 e. The maximum absolute atomic E-state index is 12.3. The predicted molar refractivity (Wildman–Crippen MR) is 59.8 cm³/mol. The molecule has 16 heavy (non-hydrogen) atoms. The molecule has 0 bridgehead atoms. The van der Waals surface area contributed by atoms with Crippen LogP contribution in [0.2, 0.25) is 0 Å². The standard InChI is InChI=1S/C11H19N3O2/c1-11(4-2-3-5-13-11)10(16)14-7-6-12-9(15)8-14/h13H,2-8H2,1H3,(H,12,15). The van der Waals surface area contributed by atoms with Crippen LogP contribution in [0.4, 0.5) is 0 Å². The summed E-state index contributed by atoms with van der Waals surface area (Å²) < 4.78 is 0. The zero-order valence-corrected chi connectivity index (χ0v) is 9.71. The van der Waals surface area contributed by atoms with Crippen LogP contribution in [0.1, 0.15) is 26.2 Å². The number of hydrogen-bond donors (Lipinski definition) is 2. The van der Waals surface area contributed by atoms with Gasteiger partial charge in [-0.05, 0) is 32.7 Å². The number of carbonyl (C=O) groups excluding carboxylic acids is 2. The Kier molecular flexibility index (Phi) is 3.14. The third kappa shape index (κ3) is 2.19. The van der Waals surface area contributed by atoms with E-state index in [-0.39, 0.29) is 18.4 Å². The number of carbonyl (C=O) groups is 2. The van der Waals surface area contributed by atoms with Gasteiger partial charge >= 0.3 is 0 Å². The van der Waals surface area contributed by atoms with Crippen molar-refractivity contribution >= 4 is 11.8 Å². The molecule has 0 aliphatic carbocycles. The average molecular weight is 225 g/mol. The Morgan fingerprint density at radius 2 is 2.19 bits per heavy atom. The van der Waals surface area contributed by atoms with Crippen molar-refractivity contribution in [3.05, 3.63) is 0 Å². The van der Waals surface area contributed by atoms with E-state index in [1.54, 1.807) is 4.90 Å². The third-order valence-corrected chi connectivity index (χ3v) is 3.42. The molecule has 2 aliphatic rings. The van der Waals surface area contributed by atoms with Gasteiger partial charge in [0.25, 0.3) is 0 Å². The van der Waals surface area contributed by atoms with Crippen LogP contribution in [0.3, 0.4) is 0 Å². The van der Waals surface area contributed by atoms with Gasteiger partial charge in [0.2, 0.25) is 11.8 Å². The van der Waals surface area contributed by atoms with Crippen LogP contribution in [0.5, 0.6) is 0 Å². The zero-order chi connectivity index (χ0) is 11.6. The molecule has 2 fully saturated rings. The normalized spacial score (nSPS) is 31.1. The van der Waals surface area contributed by atoms with Crippen LogP contribution in [-0.4, -0.2) is 48.4 Å². The smallest absolute Gasteiger partial charge is 0.243 e. The van der Waals surface area contributed by atoms with Crippen LogP contribution in [0, 0.1) is 0 Å². The van der Waals surface area contributed by atoms with Gasteiger partial charge in [-0.3, -0.25) is 9.59 Å². The number of amides is 2. The highest BCUT2D eigenvalue weighted by atomic mass is 16.2. The second-order valence-electron chi connectivity index (χ2n) is 4.79. The largest absolute Gasteiger partial charge is 0.353 e. The first-order valence-corrected chi connectivity index (χ1v) is 5.93. The first kappa shape index (κ1) is 11.4. The van der Waals surface area contributed by atoms with Gasteiger partial charge in [0.1, 0.15) is 0 Å². The highest BCUT2D eigenvalue weighted by molar-refractivity contribution is 5.91. The highest BCUT2D eigenvalue weighted by Gasteiger charge is 2.38. The molecule has 5 heteroatoms. The summed E-state index contributed by atoms with van der Waals surface area (Å²) in [6.07, 6.45) is 3.07. The van der Waals surface area contributed by atoms with Gasteiger partial charge in [-0.2, -0.15) is 0 Å². The lowest BCUT2D eigenvalue weighted by molar-refractivity contribution is -0.143. The Hall–Kier alpha value is -1.10.